The van der Waals surface area contributed by atoms with Crippen molar-refractivity contribution >= 4 is 15.9 Å². The lowest BCUT2D eigenvalue weighted by molar-refractivity contribution is 0.383. The summed E-state index contributed by atoms with van der Waals surface area (Å²) in [5.74, 6) is 1.49. The number of methoxy groups -OCH3 is 2. The summed E-state index contributed by atoms with van der Waals surface area (Å²) in [6.45, 7) is 0. The van der Waals surface area contributed by atoms with Crippen molar-refractivity contribution < 1.29 is 13.9 Å². The number of halogens is 1. The van der Waals surface area contributed by atoms with E-state index in [1.807, 2.05) is 25.2 Å². The number of ether oxygens (including phenoxy) is 2. The first-order valence-electron chi connectivity index (χ1n) is 5.82. The predicted molar refractivity (Wildman–Crippen MR) is 76.9 cm³/mol. The van der Waals surface area contributed by atoms with Gasteiger partial charge in [0, 0.05) is 11.1 Å². The smallest absolute Gasteiger partial charge is 0.141 e. The van der Waals surface area contributed by atoms with Crippen LogP contribution in [-0.4, -0.2) is 21.3 Å². The molecule has 1 aromatic heterocycles. The summed E-state index contributed by atoms with van der Waals surface area (Å²) < 4.78 is 16.7. The van der Waals surface area contributed by atoms with E-state index in [2.05, 4.69) is 21.2 Å². The van der Waals surface area contributed by atoms with Gasteiger partial charge in [-0.1, -0.05) is 0 Å². The number of furan rings is 1. The number of benzene rings is 1. The molecule has 2 rings (SSSR count). The van der Waals surface area contributed by atoms with Crippen molar-refractivity contribution in [1.29, 1.82) is 0 Å². The van der Waals surface area contributed by atoms with Crippen molar-refractivity contribution in [3.8, 4) is 11.5 Å². The van der Waals surface area contributed by atoms with Crippen molar-refractivity contribution in [2.45, 2.75) is 6.04 Å². The Labute approximate surface area is 120 Å². The molecule has 0 saturated heterocycles. The van der Waals surface area contributed by atoms with Gasteiger partial charge in [0.1, 0.15) is 16.0 Å². The van der Waals surface area contributed by atoms with E-state index >= 15 is 0 Å². The van der Waals surface area contributed by atoms with E-state index in [0.29, 0.717) is 0 Å². The second-order valence-corrected chi connectivity index (χ2v) is 4.78. The molecule has 0 aliphatic rings. The Kier molecular flexibility index (Phi) is 4.50. The topological polar surface area (TPSA) is 43.6 Å². The Morgan fingerprint density at radius 3 is 2.53 bits per heavy atom. The molecule has 0 spiro atoms. The van der Waals surface area contributed by atoms with E-state index in [4.69, 9.17) is 13.9 Å². The highest BCUT2D eigenvalue weighted by Gasteiger charge is 2.21. The van der Waals surface area contributed by atoms with Gasteiger partial charge in [-0.05, 0) is 41.2 Å². The zero-order chi connectivity index (χ0) is 13.8. The van der Waals surface area contributed by atoms with Crippen LogP contribution in [0.4, 0.5) is 0 Å². The molecular formula is C14H16BrNO3. The Hall–Kier alpha value is -1.46. The molecule has 0 radical (unpaired) electrons. The molecule has 102 valence electrons. The number of rotatable bonds is 5. The van der Waals surface area contributed by atoms with Crippen LogP contribution in [0, 0.1) is 0 Å². The molecular weight excluding hydrogens is 310 g/mol. The molecule has 4 nitrogen and oxygen atoms in total. The minimum Gasteiger partial charge on any atom is -0.495 e. The van der Waals surface area contributed by atoms with Crippen LogP contribution in [0.1, 0.15) is 17.2 Å². The number of nitrogens with one attached hydrogen (secondary N) is 1. The standard InChI is InChI=1S/C14H16BrNO3/c1-16-13(9-6-7-19-8-9)10-4-5-11(17-2)12(15)14(10)18-3/h4-8,13,16H,1-3H3. The fraction of sp³-hybridized carbons (Fsp3) is 0.286. The van der Waals surface area contributed by atoms with Crippen molar-refractivity contribution in [1.82, 2.24) is 5.32 Å². The Bertz CT molecular complexity index is 540. The first kappa shape index (κ1) is 14.0. The van der Waals surface area contributed by atoms with Gasteiger partial charge in [0.15, 0.2) is 0 Å². The van der Waals surface area contributed by atoms with Crippen molar-refractivity contribution in [2.24, 2.45) is 0 Å². The fourth-order valence-corrected chi connectivity index (χ4v) is 2.77. The lowest BCUT2D eigenvalue weighted by atomic mass is 10.00. The molecule has 0 fully saturated rings. The normalized spacial score (nSPS) is 12.2. The average molecular weight is 326 g/mol. The summed E-state index contributed by atoms with van der Waals surface area (Å²) >= 11 is 3.51. The Morgan fingerprint density at radius 1 is 1.21 bits per heavy atom. The third kappa shape index (κ3) is 2.62. The van der Waals surface area contributed by atoms with Gasteiger partial charge in [0.25, 0.3) is 0 Å². The maximum Gasteiger partial charge on any atom is 0.141 e. The molecule has 5 heteroatoms. The van der Waals surface area contributed by atoms with Crippen LogP contribution in [0.25, 0.3) is 0 Å². The number of hydrogen-bond acceptors (Lipinski definition) is 4. The minimum absolute atomic E-state index is 0.00379. The van der Waals surface area contributed by atoms with Gasteiger partial charge in [-0.3, -0.25) is 0 Å². The highest BCUT2D eigenvalue weighted by Crippen LogP contribution is 2.41. The van der Waals surface area contributed by atoms with E-state index in [0.717, 1.165) is 27.1 Å². The zero-order valence-corrected chi connectivity index (χ0v) is 12.7. The van der Waals surface area contributed by atoms with Crippen LogP contribution < -0.4 is 14.8 Å². The molecule has 0 bridgehead atoms. The van der Waals surface area contributed by atoms with Crippen LogP contribution in [0.15, 0.2) is 39.6 Å². The summed E-state index contributed by atoms with van der Waals surface area (Å²) in [6.07, 6.45) is 3.38. The quantitative estimate of drug-likeness (QED) is 0.915. The van der Waals surface area contributed by atoms with E-state index < -0.39 is 0 Å². The summed E-state index contributed by atoms with van der Waals surface area (Å²) in [4.78, 5) is 0. The monoisotopic (exact) mass is 325 g/mol. The lowest BCUT2D eigenvalue weighted by Crippen LogP contribution is -2.18. The maximum atomic E-state index is 5.50. The fourth-order valence-electron chi connectivity index (χ4n) is 2.09. The Balaban J connectivity index is 2.52. The van der Waals surface area contributed by atoms with Gasteiger partial charge in [0.05, 0.1) is 32.8 Å². The molecule has 0 amide bonds. The van der Waals surface area contributed by atoms with Crippen LogP contribution in [-0.2, 0) is 0 Å². The lowest BCUT2D eigenvalue weighted by Gasteiger charge is -2.20. The van der Waals surface area contributed by atoms with Crippen molar-refractivity contribution in [3.63, 3.8) is 0 Å². The van der Waals surface area contributed by atoms with Crippen LogP contribution in [0.2, 0.25) is 0 Å². The first-order valence-corrected chi connectivity index (χ1v) is 6.62. The van der Waals surface area contributed by atoms with Gasteiger partial charge in [0.2, 0.25) is 0 Å². The summed E-state index contributed by atoms with van der Waals surface area (Å²) in [5, 5.41) is 3.26. The third-order valence-corrected chi connectivity index (χ3v) is 3.74. The molecule has 1 unspecified atom stereocenters. The third-order valence-electron chi connectivity index (χ3n) is 2.99. The molecule has 19 heavy (non-hydrogen) atoms. The molecule has 2 aromatic rings. The summed E-state index contributed by atoms with van der Waals surface area (Å²) in [6, 6.07) is 5.82. The summed E-state index contributed by atoms with van der Waals surface area (Å²) in [5.41, 5.74) is 2.05. The van der Waals surface area contributed by atoms with E-state index in [1.54, 1.807) is 26.7 Å². The maximum absolute atomic E-state index is 5.50. The molecule has 0 saturated carbocycles. The average Bonchev–Trinajstić information content (AvgIpc) is 2.94. The second-order valence-electron chi connectivity index (χ2n) is 3.98. The molecule has 0 aliphatic heterocycles. The van der Waals surface area contributed by atoms with Gasteiger partial charge >= 0.3 is 0 Å². The minimum atomic E-state index is -0.00379. The van der Waals surface area contributed by atoms with Crippen LogP contribution >= 0.6 is 15.9 Å². The molecule has 1 aromatic carbocycles. The largest absolute Gasteiger partial charge is 0.495 e. The van der Waals surface area contributed by atoms with Crippen LogP contribution in [0.5, 0.6) is 11.5 Å². The first-order chi connectivity index (χ1) is 9.22. The van der Waals surface area contributed by atoms with Crippen molar-refractivity contribution in [3.05, 3.63) is 46.3 Å². The highest BCUT2D eigenvalue weighted by atomic mass is 79.9. The molecule has 0 aliphatic carbocycles. The van der Waals surface area contributed by atoms with Crippen LogP contribution in [0.3, 0.4) is 0 Å². The number of hydrogen-bond donors (Lipinski definition) is 1. The van der Waals surface area contributed by atoms with Gasteiger partial charge in [-0.2, -0.15) is 0 Å². The molecule has 1 atom stereocenters. The van der Waals surface area contributed by atoms with E-state index in [-0.39, 0.29) is 6.04 Å². The highest BCUT2D eigenvalue weighted by molar-refractivity contribution is 9.10. The van der Waals surface area contributed by atoms with Gasteiger partial charge in [-0.15, -0.1) is 0 Å². The molecule has 1 heterocycles. The Morgan fingerprint density at radius 2 is 2.00 bits per heavy atom. The summed E-state index contributed by atoms with van der Waals surface area (Å²) in [7, 11) is 5.17. The zero-order valence-electron chi connectivity index (χ0n) is 11.1. The van der Waals surface area contributed by atoms with E-state index in [9.17, 15) is 0 Å². The SMILES string of the molecule is CNC(c1ccoc1)c1ccc(OC)c(Br)c1OC. The van der Waals surface area contributed by atoms with Gasteiger partial charge < -0.3 is 19.2 Å². The van der Waals surface area contributed by atoms with Crippen molar-refractivity contribution in [2.75, 3.05) is 21.3 Å². The van der Waals surface area contributed by atoms with Gasteiger partial charge in [-0.25, -0.2) is 0 Å². The molecule has 1 N–H and O–H groups in total. The predicted octanol–water partition coefficient (Wildman–Crippen LogP) is 3.37. The van der Waals surface area contributed by atoms with E-state index in [1.165, 1.54) is 0 Å². The second kappa shape index (κ2) is 6.12.